The van der Waals surface area contributed by atoms with E-state index in [1.54, 1.807) is 0 Å². The molecule has 28 heavy (non-hydrogen) atoms. The van der Waals surface area contributed by atoms with E-state index in [1.165, 1.54) is 0 Å². The van der Waals surface area contributed by atoms with Crippen molar-refractivity contribution in [3.63, 3.8) is 0 Å². The third-order valence-electron chi connectivity index (χ3n) is 4.16. The van der Waals surface area contributed by atoms with E-state index >= 15 is 0 Å². The smallest absolute Gasteiger partial charge is 0.193 e. The highest BCUT2D eigenvalue weighted by Gasteiger charge is 2.11. The van der Waals surface area contributed by atoms with Crippen LogP contribution in [0.1, 0.15) is 30.9 Å². The lowest BCUT2D eigenvalue weighted by Crippen LogP contribution is -2.22. The topological polar surface area (TPSA) is 78.1 Å². The van der Waals surface area contributed by atoms with Gasteiger partial charge in [0.2, 0.25) is 0 Å². The van der Waals surface area contributed by atoms with E-state index in [4.69, 9.17) is 19.9 Å². The Morgan fingerprint density at radius 1 is 1.11 bits per heavy atom. The molecule has 3 rings (SSSR count). The van der Waals surface area contributed by atoms with Gasteiger partial charge >= 0.3 is 0 Å². The minimum atomic E-state index is 0. The van der Waals surface area contributed by atoms with Gasteiger partial charge in [0.15, 0.2) is 17.5 Å². The first-order valence-electron chi connectivity index (χ1n) is 9.37. The largest absolute Gasteiger partial charge is 0.490 e. The van der Waals surface area contributed by atoms with Gasteiger partial charge in [-0.25, -0.2) is 4.99 Å². The molecule has 0 fully saturated rings. The molecule has 0 aromatic heterocycles. The molecule has 1 heterocycles. The first-order valence-corrected chi connectivity index (χ1v) is 9.37. The maximum atomic E-state index is 6.07. The van der Waals surface area contributed by atoms with E-state index in [0.29, 0.717) is 32.3 Å². The summed E-state index contributed by atoms with van der Waals surface area (Å²) in [6, 6.07) is 13.8. The molecule has 0 amide bonds. The number of hydrogen-bond donors (Lipinski definition) is 2. The van der Waals surface area contributed by atoms with Crippen molar-refractivity contribution in [1.29, 1.82) is 0 Å². The van der Waals surface area contributed by atoms with Gasteiger partial charge in [0.25, 0.3) is 0 Å². The fourth-order valence-electron chi connectivity index (χ4n) is 2.78. The van der Waals surface area contributed by atoms with Crippen molar-refractivity contribution >= 4 is 35.6 Å². The summed E-state index contributed by atoms with van der Waals surface area (Å²) < 4.78 is 17.0. The molecule has 7 heteroatoms. The highest BCUT2D eigenvalue weighted by Crippen LogP contribution is 2.32. The fraction of sp³-hybridized carbons (Fsp3) is 0.381. The lowest BCUT2D eigenvalue weighted by Gasteiger charge is -2.11. The van der Waals surface area contributed by atoms with Crippen LogP contribution in [-0.4, -0.2) is 25.8 Å². The molecule has 0 radical (unpaired) electrons. The molecule has 0 unspecified atom stereocenters. The molecular weight excluding hydrogens is 469 g/mol. The number of ether oxygens (including phenoxy) is 3. The quantitative estimate of drug-likeness (QED) is 0.258. The second-order valence-corrected chi connectivity index (χ2v) is 6.36. The van der Waals surface area contributed by atoms with Gasteiger partial charge in [0, 0.05) is 24.8 Å². The molecular formula is C21H28IN3O3. The minimum absolute atomic E-state index is 0. The predicted molar refractivity (Wildman–Crippen MR) is 123 cm³/mol. The third kappa shape index (κ3) is 6.56. The predicted octanol–water partition coefficient (Wildman–Crippen LogP) is 4.32. The van der Waals surface area contributed by atoms with Gasteiger partial charge in [-0.05, 0) is 29.7 Å². The lowest BCUT2D eigenvalue weighted by molar-refractivity contribution is 0.121. The summed E-state index contributed by atoms with van der Waals surface area (Å²) in [5, 5.41) is 3.12. The van der Waals surface area contributed by atoms with Crippen LogP contribution in [0.3, 0.4) is 0 Å². The molecule has 1 aliphatic rings. The van der Waals surface area contributed by atoms with Crippen molar-refractivity contribution < 1.29 is 14.2 Å². The maximum absolute atomic E-state index is 6.07. The van der Waals surface area contributed by atoms with E-state index in [9.17, 15) is 0 Å². The molecule has 152 valence electrons. The van der Waals surface area contributed by atoms with Gasteiger partial charge in [0.05, 0.1) is 26.4 Å². The van der Waals surface area contributed by atoms with Crippen LogP contribution in [0.2, 0.25) is 0 Å². The Morgan fingerprint density at radius 2 is 1.86 bits per heavy atom. The number of nitrogens with two attached hydrogens (primary N) is 1. The number of halogens is 1. The van der Waals surface area contributed by atoms with Gasteiger partial charge in [-0.2, -0.15) is 0 Å². The zero-order valence-corrected chi connectivity index (χ0v) is 18.5. The zero-order valence-electron chi connectivity index (χ0n) is 16.1. The Balaban J connectivity index is 0.00000280. The number of fused-ring (bicyclic) bond motifs is 1. The van der Waals surface area contributed by atoms with Gasteiger partial charge < -0.3 is 25.3 Å². The van der Waals surface area contributed by atoms with E-state index in [-0.39, 0.29) is 24.0 Å². The molecule has 0 bridgehead atoms. The zero-order chi connectivity index (χ0) is 18.9. The van der Waals surface area contributed by atoms with Crippen LogP contribution in [0.4, 0.5) is 5.69 Å². The number of guanidine groups is 1. The summed E-state index contributed by atoms with van der Waals surface area (Å²) in [4.78, 5) is 4.46. The van der Waals surface area contributed by atoms with Crippen molar-refractivity contribution in [3.05, 3.63) is 53.6 Å². The molecule has 3 N–H and O–H groups in total. The average molecular weight is 497 g/mol. The first-order chi connectivity index (χ1) is 13.3. The Kier molecular flexibility index (Phi) is 9.36. The van der Waals surface area contributed by atoms with Crippen LogP contribution < -0.4 is 20.5 Å². The van der Waals surface area contributed by atoms with Crippen molar-refractivity contribution in [2.75, 3.05) is 25.1 Å². The van der Waals surface area contributed by atoms with Crippen LogP contribution in [0.15, 0.2) is 47.5 Å². The van der Waals surface area contributed by atoms with Crippen molar-refractivity contribution in [1.82, 2.24) is 0 Å². The van der Waals surface area contributed by atoms with Gasteiger partial charge in [-0.1, -0.05) is 31.2 Å². The Bertz CT molecular complexity index is 783. The van der Waals surface area contributed by atoms with Gasteiger partial charge in [-0.3, -0.25) is 0 Å². The van der Waals surface area contributed by atoms with Crippen LogP contribution in [0.25, 0.3) is 0 Å². The monoisotopic (exact) mass is 497 g/mol. The number of benzene rings is 2. The van der Waals surface area contributed by atoms with E-state index in [2.05, 4.69) is 29.4 Å². The molecule has 0 saturated heterocycles. The number of aliphatic imine (C=N–C) groups is 1. The minimum Gasteiger partial charge on any atom is -0.490 e. The number of hydrogen-bond acceptors (Lipinski definition) is 4. The SMILES string of the molecule is CCCOCc1ccccc1CN=C(N)Nc1ccc2c(c1)OCCCO2.I. The molecule has 0 spiro atoms. The summed E-state index contributed by atoms with van der Waals surface area (Å²) in [7, 11) is 0. The van der Waals surface area contributed by atoms with Crippen molar-refractivity contribution in [3.8, 4) is 11.5 Å². The summed E-state index contributed by atoms with van der Waals surface area (Å²) in [5.41, 5.74) is 9.13. The Labute approximate surface area is 183 Å². The van der Waals surface area contributed by atoms with Crippen LogP contribution in [0.5, 0.6) is 11.5 Å². The molecule has 0 saturated carbocycles. The molecule has 2 aromatic rings. The third-order valence-corrected chi connectivity index (χ3v) is 4.16. The Morgan fingerprint density at radius 3 is 2.64 bits per heavy atom. The van der Waals surface area contributed by atoms with E-state index in [1.807, 2.05) is 30.3 Å². The molecule has 0 aliphatic carbocycles. The number of nitrogens with zero attached hydrogens (tertiary/aromatic N) is 1. The van der Waals surface area contributed by atoms with Crippen molar-refractivity contribution in [2.45, 2.75) is 32.9 Å². The summed E-state index contributed by atoms with van der Waals surface area (Å²) in [6.45, 7) is 5.26. The number of nitrogens with one attached hydrogen (secondary N) is 1. The van der Waals surface area contributed by atoms with Crippen LogP contribution in [0, 0.1) is 0 Å². The summed E-state index contributed by atoms with van der Waals surface area (Å²) in [5.74, 6) is 1.84. The lowest BCUT2D eigenvalue weighted by atomic mass is 10.1. The van der Waals surface area contributed by atoms with E-state index < -0.39 is 0 Å². The highest BCUT2D eigenvalue weighted by molar-refractivity contribution is 14.0. The van der Waals surface area contributed by atoms with Crippen LogP contribution >= 0.6 is 24.0 Å². The van der Waals surface area contributed by atoms with E-state index in [0.717, 1.165) is 47.8 Å². The molecule has 0 atom stereocenters. The summed E-state index contributed by atoms with van der Waals surface area (Å²) in [6.07, 6.45) is 1.88. The van der Waals surface area contributed by atoms with Gasteiger partial charge in [-0.15, -0.1) is 24.0 Å². The van der Waals surface area contributed by atoms with Gasteiger partial charge in [0.1, 0.15) is 0 Å². The molecule has 6 nitrogen and oxygen atoms in total. The first kappa shape index (κ1) is 22.3. The molecule has 1 aliphatic heterocycles. The summed E-state index contributed by atoms with van der Waals surface area (Å²) >= 11 is 0. The highest BCUT2D eigenvalue weighted by atomic mass is 127. The maximum Gasteiger partial charge on any atom is 0.193 e. The average Bonchev–Trinajstić information content (AvgIpc) is 2.92. The normalized spacial score (nSPS) is 13.4. The van der Waals surface area contributed by atoms with Crippen molar-refractivity contribution in [2.24, 2.45) is 10.7 Å². The second kappa shape index (κ2) is 11.8. The number of rotatable bonds is 7. The fourth-order valence-corrected chi connectivity index (χ4v) is 2.78. The second-order valence-electron chi connectivity index (χ2n) is 6.36. The Hall–Kier alpha value is -2.00. The van der Waals surface area contributed by atoms with Crippen LogP contribution in [-0.2, 0) is 17.9 Å². The standard InChI is InChI=1S/C21H27N3O3.HI/c1-2-10-25-15-17-7-4-3-6-16(17)14-23-21(22)24-18-8-9-19-20(13-18)27-12-5-11-26-19;/h3-4,6-9,13H,2,5,10-12,14-15H2,1H3,(H3,22,23,24);1H. The number of anilines is 1. The molecule has 2 aromatic carbocycles.